The second kappa shape index (κ2) is 7.24. The Kier molecular flexibility index (Phi) is 5.61. The van der Waals surface area contributed by atoms with Crippen LogP contribution in [0, 0.1) is 5.92 Å². The van der Waals surface area contributed by atoms with Gasteiger partial charge in [0.05, 0.1) is 19.0 Å². The Morgan fingerprint density at radius 3 is 2.57 bits per heavy atom. The zero-order chi connectivity index (χ0) is 15.3. The highest BCUT2D eigenvalue weighted by Gasteiger charge is 2.29. The molecular weight excluding hydrogens is 290 g/mol. The van der Waals surface area contributed by atoms with Crippen molar-refractivity contribution in [2.75, 3.05) is 19.4 Å². The number of hydrogen-bond acceptors (Lipinski definition) is 4. The fraction of sp³-hybridized carbons (Fsp3) is 0.600. The molecule has 6 heteroatoms. The zero-order valence-corrected chi connectivity index (χ0v) is 13.1. The molecule has 1 aliphatic rings. The first kappa shape index (κ1) is 16.3. The molecule has 0 radical (unpaired) electrons. The van der Waals surface area contributed by atoms with E-state index in [1.54, 1.807) is 7.11 Å². The summed E-state index contributed by atoms with van der Waals surface area (Å²) in [7, 11) is -1.69. The zero-order valence-electron chi connectivity index (χ0n) is 12.3. The SMILES string of the molecule is COc1ccc(CCS(=O)(=O)NCC[C@@H](O)C2CC2)cc1. The van der Waals surface area contributed by atoms with Gasteiger partial charge in [-0.25, -0.2) is 13.1 Å². The van der Waals surface area contributed by atoms with Crippen LogP contribution in [0.1, 0.15) is 24.8 Å². The molecule has 2 N–H and O–H groups in total. The van der Waals surface area contributed by atoms with Crippen LogP contribution in [0.3, 0.4) is 0 Å². The maximum atomic E-state index is 11.9. The van der Waals surface area contributed by atoms with E-state index >= 15 is 0 Å². The van der Waals surface area contributed by atoms with Crippen LogP contribution in [0.15, 0.2) is 24.3 Å². The third kappa shape index (κ3) is 5.65. The van der Waals surface area contributed by atoms with Crippen molar-refractivity contribution in [3.63, 3.8) is 0 Å². The minimum atomic E-state index is -3.29. The predicted octanol–water partition coefficient (Wildman–Crippen LogP) is 1.32. The fourth-order valence-corrected chi connectivity index (χ4v) is 3.27. The van der Waals surface area contributed by atoms with E-state index < -0.39 is 10.0 Å². The first-order valence-corrected chi connectivity index (χ1v) is 8.94. The number of hydrogen-bond donors (Lipinski definition) is 2. The van der Waals surface area contributed by atoms with Gasteiger partial charge in [0.15, 0.2) is 0 Å². The van der Waals surface area contributed by atoms with Crippen LogP contribution >= 0.6 is 0 Å². The number of aryl methyl sites for hydroxylation is 1. The monoisotopic (exact) mass is 313 g/mol. The third-order valence-corrected chi connectivity index (χ3v) is 5.13. The number of benzene rings is 1. The maximum absolute atomic E-state index is 11.9. The first-order chi connectivity index (χ1) is 10.00. The molecule has 21 heavy (non-hydrogen) atoms. The van der Waals surface area contributed by atoms with Crippen molar-refractivity contribution >= 4 is 10.0 Å². The summed E-state index contributed by atoms with van der Waals surface area (Å²) < 4.78 is 31.4. The first-order valence-electron chi connectivity index (χ1n) is 7.28. The quantitative estimate of drug-likeness (QED) is 0.721. The van der Waals surface area contributed by atoms with Crippen molar-refractivity contribution in [3.05, 3.63) is 29.8 Å². The molecule has 118 valence electrons. The van der Waals surface area contributed by atoms with Gasteiger partial charge in [-0.05, 0) is 49.3 Å². The van der Waals surface area contributed by atoms with E-state index in [9.17, 15) is 13.5 Å². The fourth-order valence-electron chi connectivity index (χ4n) is 2.20. The van der Waals surface area contributed by atoms with E-state index in [4.69, 9.17) is 4.74 Å². The summed E-state index contributed by atoms with van der Waals surface area (Å²) in [6, 6.07) is 7.37. The van der Waals surface area contributed by atoms with Crippen molar-refractivity contribution in [2.24, 2.45) is 5.92 Å². The summed E-state index contributed by atoms with van der Waals surface area (Å²) >= 11 is 0. The van der Waals surface area contributed by atoms with E-state index in [2.05, 4.69) is 4.72 Å². The average molecular weight is 313 g/mol. The van der Waals surface area contributed by atoms with Gasteiger partial charge in [-0.3, -0.25) is 0 Å². The largest absolute Gasteiger partial charge is 0.497 e. The van der Waals surface area contributed by atoms with Crippen LogP contribution in [-0.2, 0) is 16.4 Å². The molecule has 0 amide bonds. The number of sulfonamides is 1. The summed E-state index contributed by atoms with van der Waals surface area (Å²) in [4.78, 5) is 0. The van der Waals surface area contributed by atoms with Gasteiger partial charge in [0.2, 0.25) is 10.0 Å². The number of aliphatic hydroxyl groups excluding tert-OH is 1. The Hall–Kier alpha value is -1.11. The molecule has 5 nitrogen and oxygen atoms in total. The second-order valence-corrected chi connectivity index (χ2v) is 7.43. The summed E-state index contributed by atoms with van der Waals surface area (Å²) in [6.07, 6.45) is 2.71. The molecule has 1 aromatic rings. The van der Waals surface area contributed by atoms with E-state index in [0.29, 0.717) is 25.3 Å². The minimum Gasteiger partial charge on any atom is -0.497 e. The molecule has 1 atom stereocenters. The van der Waals surface area contributed by atoms with Crippen molar-refractivity contribution in [3.8, 4) is 5.75 Å². The summed E-state index contributed by atoms with van der Waals surface area (Å²) in [6.45, 7) is 0.308. The highest BCUT2D eigenvalue weighted by molar-refractivity contribution is 7.89. The predicted molar refractivity (Wildman–Crippen MR) is 81.8 cm³/mol. The summed E-state index contributed by atoms with van der Waals surface area (Å²) in [5.41, 5.74) is 0.958. The number of rotatable bonds is 9. The maximum Gasteiger partial charge on any atom is 0.211 e. The minimum absolute atomic E-state index is 0.0544. The average Bonchev–Trinajstić information content (AvgIpc) is 3.30. The van der Waals surface area contributed by atoms with Crippen molar-refractivity contribution in [2.45, 2.75) is 31.8 Å². The van der Waals surface area contributed by atoms with Crippen LogP contribution in [0.2, 0.25) is 0 Å². The van der Waals surface area contributed by atoms with Gasteiger partial charge < -0.3 is 9.84 Å². The van der Waals surface area contributed by atoms with Crippen LogP contribution in [0.5, 0.6) is 5.75 Å². The smallest absolute Gasteiger partial charge is 0.211 e. The van der Waals surface area contributed by atoms with Gasteiger partial charge >= 0.3 is 0 Å². The standard InChI is InChI=1S/C15H23NO4S/c1-20-14-6-2-12(3-7-14)9-11-21(18,19)16-10-8-15(17)13-4-5-13/h2-3,6-7,13,15-17H,4-5,8-11H2,1H3/t15-/m1/s1. The molecule has 2 rings (SSSR count). The lowest BCUT2D eigenvalue weighted by Crippen LogP contribution is -2.30. The van der Waals surface area contributed by atoms with Gasteiger partial charge in [-0.1, -0.05) is 12.1 Å². The summed E-state index contributed by atoms with van der Waals surface area (Å²) in [5, 5.41) is 9.70. The van der Waals surface area contributed by atoms with E-state index in [1.807, 2.05) is 24.3 Å². The molecule has 1 fully saturated rings. The molecule has 1 aliphatic carbocycles. The van der Waals surface area contributed by atoms with Gasteiger partial charge in [-0.2, -0.15) is 0 Å². The van der Waals surface area contributed by atoms with Gasteiger partial charge in [0.1, 0.15) is 5.75 Å². The molecule has 0 aliphatic heterocycles. The highest BCUT2D eigenvalue weighted by atomic mass is 32.2. The van der Waals surface area contributed by atoms with Crippen LogP contribution < -0.4 is 9.46 Å². The Labute approximate surface area is 126 Å². The van der Waals surface area contributed by atoms with E-state index in [-0.39, 0.29) is 11.9 Å². The van der Waals surface area contributed by atoms with E-state index in [0.717, 1.165) is 24.2 Å². The van der Waals surface area contributed by atoms with Crippen LogP contribution in [0.4, 0.5) is 0 Å². The van der Waals surface area contributed by atoms with Gasteiger partial charge in [0.25, 0.3) is 0 Å². The molecule has 0 aromatic heterocycles. The number of methoxy groups -OCH3 is 1. The van der Waals surface area contributed by atoms with Crippen molar-refractivity contribution in [1.82, 2.24) is 4.72 Å². The van der Waals surface area contributed by atoms with Crippen molar-refractivity contribution < 1.29 is 18.3 Å². The second-order valence-electron chi connectivity index (χ2n) is 5.50. The Bertz CT molecular complexity index is 537. The van der Waals surface area contributed by atoms with Crippen LogP contribution in [0.25, 0.3) is 0 Å². The lowest BCUT2D eigenvalue weighted by Gasteiger charge is -2.10. The topological polar surface area (TPSA) is 75.6 Å². The van der Waals surface area contributed by atoms with E-state index in [1.165, 1.54) is 0 Å². The highest BCUT2D eigenvalue weighted by Crippen LogP contribution is 2.33. The Morgan fingerprint density at radius 1 is 1.33 bits per heavy atom. The lowest BCUT2D eigenvalue weighted by molar-refractivity contribution is 0.143. The van der Waals surface area contributed by atoms with Crippen LogP contribution in [-0.4, -0.2) is 39.0 Å². The molecule has 0 spiro atoms. The van der Waals surface area contributed by atoms with Gasteiger partial charge in [0, 0.05) is 6.54 Å². The Morgan fingerprint density at radius 2 is 2.00 bits per heavy atom. The molecule has 0 heterocycles. The number of aliphatic hydroxyl groups is 1. The molecule has 1 aromatic carbocycles. The number of ether oxygens (including phenoxy) is 1. The molecule has 1 saturated carbocycles. The van der Waals surface area contributed by atoms with Gasteiger partial charge in [-0.15, -0.1) is 0 Å². The molecular formula is C15H23NO4S. The normalized spacial score (nSPS) is 16.7. The molecule has 0 unspecified atom stereocenters. The molecule has 0 bridgehead atoms. The van der Waals surface area contributed by atoms with Crippen molar-refractivity contribution in [1.29, 1.82) is 0 Å². The Balaban J connectivity index is 1.72. The third-order valence-electron chi connectivity index (χ3n) is 3.75. The number of nitrogens with one attached hydrogen (secondary N) is 1. The lowest BCUT2D eigenvalue weighted by atomic mass is 10.2. The molecule has 0 saturated heterocycles. The summed E-state index contributed by atoms with van der Waals surface area (Å²) in [5.74, 6) is 1.20.